The van der Waals surface area contributed by atoms with Crippen LogP contribution in [0.15, 0.2) is 53.6 Å². The maximum Gasteiger partial charge on any atom is 0.270 e. The van der Waals surface area contributed by atoms with Gasteiger partial charge >= 0.3 is 0 Å². The number of hydrogen-bond donors (Lipinski definition) is 0. The Balaban J connectivity index is 1.91. The predicted molar refractivity (Wildman–Crippen MR) is 83.6 cm³/mol. The molecule has 0 aliphatic rings. The van der Waals surface area contributed by atoms with Gasteiger partial charge in [-0.3, -0.25) is 14.0 Å². The molecule has 2 heterocycles. The van der Waals surface area contributed by atoms with Crippen molar-refractivity contribution < 1.29 is 13.6 Å². The zero-order valence-corrected chi connectivity index (χ0v) is 12.7. The van der Waals surface area contributed by atoms with E-state index in [1.54, 1.807) is 18.2 Å². The second-order valence-corrected chi connectivity index (χ2v) is 5.30. The number of halogens is 2. The summed E-state index contributed by atoms with van der Waals surface area (Å²) in [5, 5.41) is 0. The van der Waals surface area contributed by atoms with Crippen molar-refractivity contribution in [3.05, 3.63) is 81.9 Å². The zero-order chi connectivity index (χ0) is 17.3. The van der Waals surface area contributed by atoms with Gasteiger partial charge in [0, 0.05) is 37.6 Å². The molecule has 0 atom stereocenters. The molecule has 0 bridgehead atoms. The molecule has 122 valence electrons. The van der Waals surface area contributed by atoms with Crippen LogP contribution in [0.25, 0.3) is 5.65 Å². The van der Waals surface area contributed by atoms with Crippen molar-refractivity contribution in [2.75, 3.05) is 7.05 Å². The molecule has 7 heteroatoms. The van der Waals surface area contributed by atoms with E-state index in [0.717, 1.165) is 12.1 Å². The minimum absolute atomic E-state index is 0.0954. The van der Waals surface area contributed by atoms with Gasteiger partial charge in [0.1, 0.15) is 22.8 Å². The lowest BCUT2D eigenvalue weighted by Crippen LogP contribution is -2.33. The first-order valence-electron chi connectivity index (χ1n) is 7.13. The third-order valence-corrected chi connectivity index (χ3v) is 3.61. The van der Waals surface area contributed by atoms with Gasteiger partial charge in [-0.25, -0.2) is 13.8 Å². The fourth-order valence-electron chi connectivity index (χ4n) is 2.36. The summed E-state index contributed by atoms with van der Waals surface area (Å²) in [6, 6.07) is 8.16. The second-order valence-electron chi connectivity index (χ2n) is 5.30. The van der Waals surface area contributed by atoms with E-state index in [4.69, 9.17) is 0 Å². The van der Waals surface area contributed by atoms with Crippen LogP contribution in [0.4, 0.5) is 8.78 Å². The first-order chi connectivity index (χ1) is 11.5. The van der Waals surface area contributed by atoms with Crippen LogP contribution in [0.3, 0.4) is 0 Å². The fourth-order valence-corrected chi connectivity index (χ4v) is 2.36. The maximum atomic E-state index is 13.7. The summed E-state index contributed by atoms with van der Waals surface area (Å²) in [6.45, 7) is -0.0954. The molecule has 0 spiro atoms. The van der Waals surface area contributed by atoms with Gasteiger partial charge in [0.05, 0.1) is 0 Å². The quantitative estimate of drug-likeness (QED) is 0.740. The first kappa shape index (κ1) is 15.8. The Labute approximate surface area is 135 Å². The van der Waals surface area contributed by atoms with Crippen molar-refractivity contribution in [1.29, 1.82) is 0 Å². The van der Waals surface area contributed by atoms with Crippen LogP contribution < -0.4 is 5.56 Å². The Morgan fingerprint density at radius 3 is 2.79 bits per heavy atom. The summed E-state index contributed by atoms with van der Waals surface area (Å²) >= 11 is 0. The van der Waals surface area contributed by atoms with Crippen molar-refractivity contribution in [3.63, 3.8) is 0 Å². The van der Waals surface area contributed by atoms with Crippen molar-refractivity contribution in [1.82, 2.24) is 14.3 Å². The molecular weight excluding hydrogens is 316 g/mol. The average molecular weight is 329 g/mol. The molecule has 24 heavy (non-hydrogen) atoms. The molecule has 0 saturated carbocycles. The normalized spacial score (nSPS) is 10.8. The minimum Gasteiger partial charge on any atom is -0.337 e. The number of aromatic nitrogens is 2. The van der Waals surface area contributed by atoms with Crippen LogP contribution in [0, 0.1) is 11.6 Å². The van der Waals surface area contributed by atoms with E-state index in [0.29, 0.717) is 5.65 Å². The van der Waals surface area contributed by atoms with Crippen LogP contribution in [-0.4, -0.2) is 27.2 Å². The highest BCUT2D eigenvalue weighted by atomic mass is 19.1. The molecule has 0 saturated heterocycles. The van der Waals surface area contributed by atoms with Crippen LogP contribution in [0.1, 0.15) is 15.9 Å². The SMILES string of the molecule is CN(Cc1ccc(F)cc1F)C(=O)c1cnc2ccccn2c1=O. The number of amides is 1. The molecule has 0 aliphatic heterocycles. The number of pyridine rings is 1. The Kier molecular flexibility index (Phi) is 4.07. The number of carbonyl (C=O) groups excluding carboxylic acids is 1. The van der Waals surface area contributed by atoms with E-state index in [1.165, 1.54) is 34.8 Å². The molecule has 0 radical (unpaired) electrons. The standard InChI is InChI=1S/C17H13F2N3O2/c1-21(10-11-5-6-12(18)8-14(11)19)16(23)13-9-20-15-4-2-3-7-22(15)17(13)24/h2-9H,10H2,1H3. The molecule has 0 N–H and O–H groups in total. The highest BCUT2D eigenvalue weighted by Crippen LogP contribution is 2.12. The summed E-state index contributed by atoms with van der Waals surface area (Å²) < 4.78 is 27.9. The number of rotatable bonds is 3. The summed E-state index contributed by atoms with van der Waals surface area (Å²) in [6.07, 6.45) is 2.72. The Morgan fingerprint density at radius 2 is 2.04 bits per heavy atom. The summed E-state index contributed by atoms with van der Waals surface area (Å²) in [5.41, 5.74) is -0.0480. The minimum atomic E-state index is -0.747. The lowest BCUT2D eigenvalue weighted by molar-refractivity contribution is 0.0781. The van der Waals surface area contributed by atoms with E-state index >= 15 is 0 Å². The highest BCUT2D eigenvalue weighted by molar-refractivity contribution is 5.93. The third-order valence-electron chi connectivity index (χ3n) is 3.61. The van der Waals surface area contributed by atoms with Crippen LogP contribution in [0.2, 0.25) is 0 Å². The van der Waals surface area contributed by atoms with E-state index in [1.807, 2.05) is 0 Å². The smallest absolute Gasteiger partial charge is 0.270 e. The zero-order valence-electron chi connectivity index (χ0n) is 12.7. The Hall–Kier alpha value is -3.09. The van der Waals surface area contributed by atoms with E-state index < -0.39 is 23.1 Å². The summed E-state index contributed by atoms with van der Waals surface area (Å²) in [7, 11) is 1.43. The molecule has 0 unspecified atom stereocenters. The molecule has 1 amide bonds. The van der Waals surface area contributed by atoms with E-state index in [9.17, 15) is 18.4 Å². The molecule has 0 aliphatic carbocycles. The van der Waals surface area contributed by atoms with Gasteiger partial charge in [0.25, 0.3) is 11.5 Å². The first-order valence-corrected chi connectivity index (χ1v) is 7.13. The van der Waals surface area contributed by atoms with Crippen molar-refractivity contribution in [2.24, 2.45) is 0 Å². The summed E-state index contributed by atoms with van der Waals surface area (Å²) in [4.78, 5) is 30.1. The van der Waals surface area contributed by atoms with Gasteiger partial charge in [0.15, 0.2) is 0 Å². The van der Waals surface area contributed by atoms with Gasteiger partial charge in [-0.05, 0) is 18.2 Å². The van der Waals surface area contributed by atoms with Crippen molar-refractivity contribution in [3.8, 4) is 0 Å². The van der Waals surface area contributed by atoms with Gasteiger partial charge in [-0.2, -0.15) is 0 Å². The van der Waals surface area contributed by atoms with E-state index in [-0.39, 0.29) is 17.7 Å². The molecule has 3 rings (SSSR count). The predicted octanol–water partition coefficient (Wildman–Crippen LogP) is 2.24. The van der Waals surface area contributed by atoms with Gasteiger partial charge in [-0.1, -0.05) is 12.1 Å². The van der Waals surface area contributed by atoms with E-state index in [2.05, 4.69) is 4.98 Å². The largest absolute Gasteiger partial charge is 0.337 e. The Morgan fingerprint density at radius 1 is 1.25 bits per heavy atom. The van der Waals surface area contributed by atoms with Gasteiger partial charge < -0.3 is 4.90 Å². The number of benzene rings is 1. The monoisotopic (exact) mass is 329 g/mol. The molecule has 2 aromatic heterocycles. The topological polar surface area (TPSA) is 54.7 Å². The van der Waals surface area contributed by atoms with Gasteiger partial charge in [0.2, 0.25) is 0 Å². The Bertz CT molecular complexity index is 985. The van der Waals surface area contributed by atoms with Crippen molar-refractivity contribution in [2.45, 2.75) is 6.54 Å². The van der Waals surface area contributed by atoms with Gasteiger partial charge in [-0.15, -0.1) is 0 Å². The van der Waals surface area contributed by atoms with Crippen molar-refractivity contribution >= 4 is 11.6 Å². The summed E-state index contributed by atoms with van der Waals surface area (Å²) in [5.74, 6) is -2.03. The molecule has 3 aromatic rings. The fraction of sp³-hybridized carbons (Fsp3) is 0.118. The molecule has 1 aromatic carbocycles. The van der Waals surface area contributed by atoms with Crippen LogP contribution in [-0.2, 0) is 6.54 Å². The average Bonchev–Trinajstić information content (AvgIpc) is 2.57. The molecule has 0 fully saturated rings. The highest BCUT2D eigenvalue weighted by Gasteiger charge is 2.18. The number of nitrogens with zero attached hydrogens (tertiary/aromatic N) is 3. The number of carbonyl (C=O) groups is 1. The second kappa shape index (κ2) is 6.19. The molecule has 5 nitrogen and oxygen atoms in total. The lowest BCUT2D eigenvalue weighted by atomic mass is 10.2. The maximum absolute atomic E-state index is 13.7. The van der Waals surface area contributed by atoms with Crippen LogP contribution in [0.5, 0.6) is 0 Å². The molecular formula is C17H13F2N3O2. The lowest BCUT2D eigenvalue weighted by Gasteiger charge is -2.17. The third kappa shape index (κ3) is 2.88. The van der Waals surface area contributed by atoms with Crippen LogP contribution >= 0.6 is 0 Å². The number of hydrogen-bond acceptors (Lipinski definition) is 3. The number of fused-ring (bicyclic) bond motifs is 1.